The standard InChI is InChI=1S/C24H29N3OS/c1-16-21(15-25)24(26-23(28)20-14-17-10-11-18(20)13-17)29-22(16)9-6-12-27(2)19-7-4-3-5-8-19/h3-5,7-8,17-18,20H,6,9-14H2,1-2H3,(H,26,28)/t17-,18+,20-/m1/s1. The molecule has 4 nitrogen and oxygen atoms in total. The molecule has 4 rings (SSSR count). The fourth-order valence-electron chi connectivity index (χ4n) is 5.08. The Kier molecular flexibility index (Phi) is 5.91. The molecule has 2 aromatic rings. The Balaban J connectivity index is 1.38. The Bertz CT molecular complexity index is 914. The van der Waals surface area contributed by atoms with Gasteiger partial charge in [0, 0.05) is 30.1 Å². The van der Waals surface area contributed by atoms with Crippen LogP contribution in [0.4, 0.5) is 10.7 Å². The topological polar surface area (TPSA) is 56.1 Å². The van der Waals surface area contributed by atoms with Crippen LogP contribution in [0, 0.1) is 36.0 Å². The number of anilines is 2. The van der Waals surface area contributed by atoms with Gasteiger partial charge >= 0.3 is 0 Å². The third kappa shape index (κ3) is 4.18. The van der Waals surface area contributed by atoms with E-state index in [0.717, 1.165) is 42.3 Å². The van der Waals surface area contributed by atoms with Crippen LogP contribution in [0.1, 0.15) is 48.1 Å². The molecule has 1 heterocycles. The highest BCUT2D eigenvalue weighted by atomic mass is 32.1. The maximum Gasteiger partial charge on any atom is 0.228 e. The molecule has 2 aliphatic rings. The number of hydrogen-bond donors (Lipinski definition) is 1. The number of thiophene rings is 1. The van der Waals surface area contributed by atoms with E-state index in [2.05, 4.69) is 47.6 Å². The second-order valence-electron chi connectivity index (χ2n) is 8.60. The lowest BCUT2D eigenvalue weighted by Gasteiger charge is -2.20. The molecule has 1 aromatic carbocycles. The van der Waals surface area contributed by atoms with E-state index >= 15 is 0 Å². The number of fused-ring (bicyclic) bond motifs is 2. The van der Waals surface area contributed by atoms with Crippen molar-refractivity contribution in [2.75, 3.05) is 23.8 Å². The number of aryl methyl sites for hydroxylation is 1. The molecule has 0 aliphatic heterocycles. The normalized spacial score (nSPS) is 22.4. The summed E-state index contributed by atoms with van der Waals surface area (Å²) in [5.74, 6) is 1.57. The molecule has 5 heteroatoms. The van der Waals surface area contributed by atoms with E-state index in [1.54, 1.807) is 11.3 Å². The van der Waals surface area contributed by atoms with Crippen molar-refractivity contribution in [3.05, 3.63) is 46.3 Å². The van der Waals surface area contributed by atoms with Crippen molar-refractivity contribution in [2.45, 2.75) is 45.4 Å². The lowest BCUT2D eigenvalue weighted by molar-refractivity contribution is -0.121. The van der Waals surface area contributed by atoms with Crippen LogP contribution < -0.4 is 10.2 Å². The van der Waals surface area contributed by atoms with Crippen LogP contribution in [-0.2, 0) is 11.2 Å². The second-order valence-corrected chi connectivity index (χ2v) is 9.70. The summed E-state index contributed by atoms with van der Waals surface area (Å²) in [6, 6.07) is 12.7. The summed E-state index contributed by atoms with van der Waals surface area (Å²) in [4.78, 5) is 16.3. The van der Waals surface area contributed by atoms with Gasteiger partial charge in [-0.05, 0) is 68.6 Å². The van der Waals surface area contributed by atoms with E-state index in [0.29, 0.717) is 11.5 Å². The van der Waals surface area contributed by atoms with Gasteiger partial charge in [0.15, 0.2) is 0 Å². The van der Waals surface area contributed by atoms with Crippen molar-refractivity contribution < 1.29 is 4.79 Å². The van der Waals surface area contributed by atoms with Crippen LogP contribution in [0.25, 0.3) is 0 Å². The Morgan fingerprint density at radius 3 is 2.72 bits per heavy atom. The molecule has 2 bridgehead atoms. The number of carbonyl (C=O) groups is 1. The minimum absolute atomic E-state index is 0.130. The average Bonchev–Trinajstić information content (AvgIpc) is 3.44. The fraction of sp³-hybridized carbons (Fsp3) is 0.500. The first-order valence-electron chi connectivity index (χ1n) is 10.7. The van der Waals surface area contributed by atoms with Crippen molar-refractivity contribution in [1.29, 1.82) is 5.26 Å². The molecular weight excluding hydrogens is 378 g/mol. The molecule has 0 radical (unpaired) electrons. The van der Waals surface area contributed by atoms with Gasteiger partial charge in [-0.3, -0.25) is 4.79 Å². The van der Waals surface area contributed by atoms with Crippen molar-refractivity contribution >= 4 is 27.9 Å². The number of nitriles is 1. The lowest BCUT2D eigenvalue weighted by atomic mass is 9.88. The zero-order valence-electron chi connectivity index (χ0n) is 17.3. The van der Waals surface area contributed by atoms with E-state index in [1.807, 2.05) is 13.0 Å². The molecule has 1 aromatic heterocycles. The van der Waals surface area contributed by atoms with Gasteiger partial charge in [0.05, 0.1) is 5.56 Å². The number of rotatable bonds is 7. The van der Waals surface area contributed by atoms with Gasteiger partial charge in [0.2, 0.25) is 5.91 Å². The van der Waals surface area contributed by atoms with Crippen molar-refractivity contribution in [1.82, 2.24) is 0 Å². The molecule has 2 aliphatic carbocycles. The van der Waals surface area contributed by atoms with Gasteiger partial charge in [0.25, 0.3) is 0 Å². The molecule has 1 N–H and O–H groups in total. The largest absolute Gasteiger partial charge is 0.375 e. The summed E-state index contributed by atoms with van der Waals surface area (Å²) in [7, 11) is 2.11. The summed E-state index contributed by atoms with van der Waals surface area (Å²) in [5.41, 5.74) is 2.90. The number of amides is 1. The minimum atomic E-state index is 0.130. The van der Waals surface area contributed by atoms with Gasteiger partial charge in [0.1, 0.15) is 11.1 Å². The predicted molar refractivity (Wildman–Crippen MR) is 119 cm³/mol. The number of nitrogens with zero attached hydrogens (tertiary/aromatic N) is 2. The molecule has 29 heavy (non-hydrogen) atoms. The van der Waals surface area contributed by atoms with Crippen molar-refractivity contribution in [3.63, 3.8) is 0 Å². The smallest absolute Gasteiger partial charge is 0.228 e. The van der Waals surface area contributed by atoms with Gasteiger partial charge < -0.3 is 10.2 Å². The van der Waals surface area contributed by atoms with E-state index in [9.17, 15) is 10.1 Å². The zero-order valence-corrected chi connectivity index (χ0v) is 18.1. The van der Waals surface area contributed by atoms with Crippen LogP contribution in [0.5, 0.6) is 0 Å². The summed E-state index contributed by atoms with van der Waals surface area (Å²) in [6.07, 6.45) is 6.66. The van der Waals surface area contributed by atoms with Crippen LogP contribution in [0.3, 0.4) is 0 Å². The molecule has 0 saturated heterocycles. The number of nitrogens with one attached hydrogen (secondary N) is 1. The lowest BCUT2D eigenvalue weighted by Crippen LogP contribution is -2.27. The third-order valence-electron chi connectivity index (χ3n) is 6.76. The summed E-state index contributed by atoms with van der Waals surface area (Å²) < 4.78 is 0. The number of para-hydroxylation sites is 1. The van der Waals surface area contributed by atoms with Crippen molar-refractivity contribution in [2.24, 2.45) is 17.8 Å². The van der Waals surface area contributed by atoms with Crippen LogP contribution in [0.2, 0.25) is 0 Å². The van der Waals surface area contributed by atoms with E-state index in [1.165, 1.54) is 29.8 Å². The monoisotopic (exact) mass is 407 g/mol. The van der Waals surface area contributed by atoms with Gasteiger partial charge in [-0.1, -0.05) is 24.6 Å². The third-order valence-corrected chi connectivity index (χ3v) is 8.03. The molecule has 1 amide bonds. The highest BCUT2D eigenvalue weighted by Crippen LogP contribution is 2.49. The quantitative estimate of drug-likeness (QED) is 0.671. The highest BCUT2D eigenvalue weighted by molar-refractivity contribution is 7.16. The first-order chi connectivity index (χ1) is 14.1. The van der Waals surface area contributed by atoms with Gasteiger partial charge in [-0.25, -0.2) is 0 Å². The summed E-state index contributed by atoms with van der Waals surface area (Å²) in [6.45, 7) is 2.97. The van der Waals surface area contributed by atoms with Crippen LogP contribution in [0.15, 0.2) is 30.3 Å². The van der Waals surface area contributed by atoms with E-state index in [-0.39, 0.29) is 11.8 Å². The second kappa shape index (κ2) is 8.59. The Labute approximate surface area is 177 Å². The summed E-state index contributed by atoms with van der Waals surface area (Å²) >= 11 is 1.59. The Morgan fingerprint density at radius 2 is 2.07 bits per heavy atom. The molecule has 0 unspecified atom stereocenters. The molecule has 152 valence electrons. The number of hydrogen-bond acceptors (Lipinski definition) is 4. The predicted octanol–water partition coefficient (Wildman–Crippen LogP) is 5.37. The fourth-order valence-corrected chi connectivity index (χ4v) is 6.28. The molecule has 2 fully saturated rings. The first-order valence-corrected chi connectivity index (χ1v) is 11.5. The van der Waals surface area contributed by atoms with Crippen LogP contribution in [-0.4, -0.2) is 19.5 Å². The van der Waals surface area contributed by atoms with E-state index in [4.69, 9.17) is 0 Å². The SMILES string of the molecule is Cc1c(CCCN(C)c2ccccc2)sc(NC(=O)[C@@H]2C[C@@H]3CC[C@H]2C3)c1C#N. The summed E-state index contributed by atoms with van der Waals surface area (Å²) in [5, 5.41) is 13.5. The molecule has 3 atom stereocenters. The van der Waals surface area contributed by atoms with Gasteiger partial charge in [-0.2, -0.15) is 5.26 Å². The number of carbonyl (C=O) groups excluding carboxylic acids is 1. The highest BCUT2D eigenvalue weighted by Gasteiger charge is 2.43. The van der Waals surface area contributed by atoms with Crippen LogP contribution >= 0.6 is 11.3 Å². The molecule has 2 saturated carbocycles. The molecular formula is C24H29N3OS. The Morgan fingerprint density at radius 1 is 1.28 bits per heavy atom. The Hall–Kier alpha value is -2.32. The van der Waals surface area contributed by atoms with Crippen molar-refractivity contribution in [3.8, 4) is 6.07 Å². The average molecular weight is 408 g/mol. The minimum Gasteiger partial charge on any atom is -0.375 e. The van der Waals surface area contributed by atoms with Gasteiger partial charge in [-0.15, -0.1) is 11.3 Å². The first kappa shape index (κ1) is 20.0. The zero-order chi connectivity index (χ0) is 20.4. The maximum absolute atomic E-state index is 12.8. The molecule has 0 spiro atoms. The van der Waals surface area contributed by atoms with E-state index < -0.39 is 0 Å². The maximum atomic E-state index is 12.8. The number of benzene rings is 1.